The average molecular weight is 384 g/mol. The quantitative estimate of drug-likeness (QED) is 0.734. The molecule has 2 atom stereocenters. The molecule has 0 bridgehead atoms. The zero-order chi connectivity index (χ0) is 18.7. The predicted octanol–water partition coefficient (Wildman–Crippen LogP) is 4.41. The van der Waals surface area contributed by atoms with Gasteiger partial charge in [-0.05, 0) is 94.8 Å². The first kappa shape index (κ1) is 18.6. The number of hydrogen-bond acceptors (Lipinski definition) is 4. The molecule has 1 N–H and O–H groups in total. The Labute approximate surface area is 165 Å². The highest BCUT2D eigenvalue weighted by molar-refractivity contribution is 7.16. The highest BCUT2D eigenvalue weighted by atomic mass is 32.1. The van der Waals surface area contributed by atoms with Gasteiger partial charge in [-0.2, -0.15) is 0 Å². The molecule has 2 aromatic rings. The second-order valence-corrected chi connectivity index (χ2v) is 9.15. The van der Waals surface area contributed by atoms with E-state index >= 15 is 0 Å². The van der Waals surface area contributed by atoms with Gasteiger partial charge in [0.15, 0.2) is 0 Å². The van der Waals surface area contributed by atoms with E-state index in [1.54, 1.807) is 0 Å². The average Bonchev–Trinajstić information content (AvgIpc) is 3.38. The number of allylic oxidation sites excluding steroid dienone is 1. The molecule has 2 aliphatic rings. The summed E-state index contributed by atoms with van der Waals surface area (Å²) >= 11 is 1.30. The lowest BCUT2D eigenvalue weighted by Crippen LogP contribution is -2.33. The molecular weight excluding hydrogens is 354 g/mol. The maximum absolute atomic E-state index is 11.5. The lowest BCUT2D eigenvalue weighted by molar-refractivity contribution is 0.251. The van der Waals surface area contributed by atoms with Crippen LogP contribution in [-0.2, 0) is 6.42 Å². The molecule has 1 aromatic carbocycles. The highest BCUT2D eigenvalue weighted by Gasteiger charge is 2.32. The number of fused-ring (bicyclic) bond motifs is 1. The van der Waals surface area contributed by atoms with E-state index < -0.39 is 0 Å². The number of aromatic nitrogens is 1. The third-order valence-electron chi connectivity index (χ3n) is 6.19. The van der Waals surface area contributed by atoms with Gasteiger partial charge in [-0.15, -0.1) is 0 Å². The fourth-order valence-electron chi connectivity index (χ4n) is 4.50. The number of aryl methyl sites for hydroxylation is 1. The summed E-state index contributed by atoms with van der Waals surface area (Å²) in [5.41, 5.74) is 2.24. The second kappa shape index (κ2) is 8.11. The van der Waals surface area contributed by atoms with Crippen LogP contribution in [0.4, 0.5) is 0 Å². The van der Waals surface area contributed by atoms with E-state index in [0.717, 1.165) is 23.1 Å². The van der Waals surface area contributed by atoms with Gasteiger partial charge >= 0.3 is 4.87 Å². The molecule has 1 fully saturated rings. The van der Waals surface area contributed by atoms with Crippen molar-refractivity contribution in [3.05, 3.63) is 45.6 Å². The first-order chi connectivity index (χ1) is 13.1. The Morgan fingerprint density at radius 1 is 1.30 bits per heavy atom. The minimum atomic E-state index is -0.0378. The molecule has 0 saturated carbocycles. The van der Waals surface area contributed by atoms with Crippen LogP contribution in [0.5, 0.6) is 0 Å². The monoisotopic (exact) mass is 383 g/mol. The lowest BCUT2D eigenvalue weighted by atomic mass is 9.80. The van der Waals surface area contributed by atoms with E-state index in [1.165, 1.54) is 62.2 Å². The van der Waals surface area contributed by atoms with Gasteiger partial charge in [-0.1, -0.05) is 23.5 Å². The van der Waals surface area contributed by atoms with E-state index in [4.69, 9.17) is 4.99 Å². The summed E-state index contributed by atoms with van der Waals surface area (Å²) < 4.78 is 1.07. The lowest BCUT2D eigenvalue weighted by Gasteiger charge is -2.31. The number of aromatic amines is 1. The van der Waals surface area contributed by atoms with E-state index in [0.29, 0.717) is 5.92 Å². The van der Waals surface area contributed by atoms with Gasteiger partial charge in [0.2, 0.25) is 0 Å². The maximum Gasteiger partial charge on any atom is 0.305 e. The highest BCUT2D eigenvalue weighted by Crippen LogP contribution is 2.33. The maximum atomic E-state index is 11.5. The largest absolute Gasteiger partial charge is 0.312 e. The van der Waals surface area contributed by atoms with Gasteiger partial charge in [-0.3, -0.25) is 9.79 Å². The van der Waals surface area contributed by atoms with Crippen LogP contribution >= 0.6 is 11.3 Å². The Morgan fingerprint density at radius 3 is 2.93 bits per heavy atom. The molecule has 4 nitrogen and oxygen atoms in total. The van der Waals surface area contributed by atoms with Crippen molar-refractivity contribution >= 4 is 27.8 Å². The van der Waals surface area contributed by atoms with Crippen molar-refractivity contribution in [3.63, 3.8) is 0 Å². The number of likely N-dealkylation sites (tertiary alicyclic amines) is 1. The Kier molecular flexibility index (Phi) is 5.60. The summed E-state index contributed by atoms with van der Waals surface area (Å²) in [6.07, 6.45) is 13.7. The molecular formula is C22H29N3OS. The molecule has 3 heterocycles. The molecule has 5 heteroatoms. The number of nitrogens with zero attached hydrogens (tertiary/aromatic N) is 2. The first-order valence-corrected chi connectivity index (χ1v) is 11.0. The van der Waals surface area contributed by atoms with Crippen molar-refractivity contribution in [1.29, 1.82) is 0 Å². The van der Waals surface area contributed by atoms with E-state index in [2.05, 4.69) is 41.1 Å². The van der Waals surface area contributed by atoms with E-state index in [9.17, 15) is 4.79 Å². The zero-order valence-corrected chi connectivity index (χ0v) is 16.9. The summed E-state index contributed by atoms with van der Waals surface area (Å²) in [7, 11) is 0. The van der Waals surface area contributed by atoms with Crippen molar-refractivity contribution in [2.24, 2.45) is 10.9 Å². The van der Waals surface area contributed by atoms with Crippen LogP contribution < -0.4 is 4.87 Å². The zero-order valence-electron chi connectivity index (χ0n) is 16.1. The summed E-state index contributed by atoms with van der Waals surface area (Å²) in [6, 6.07) is 6.37. The molecule has 144 valence electrons. The SMILES string of the molecule is CC1(C(CCCc2ccc3[nH]c(=O)sc3c2)CCN2CCCC2)C=CC=N1. The third-order valence-corrected chi connectivity index (χ3v) is 7.04. The fourth-order valence-corrected chi connectivity index (χ4v) is 5.30. The van der Waals surface area contributed by atoms with E-state index in [-0.39, 0.29) is 10.4 Å². The van der Waals surface area contributed by atoms with Gasteiger partial charge in [0.05, 0.1) is 15.8 Å². The minimum Gasteiger partial charge on any atom is -0.312 e. The van der Waals surface area contributed by atoms with Crippen molar-refractivity contribution in [2.45, 2.75) is 51.0 Å². The first-order valence-electron chi connectivity index (χ1n) is 10.2. The van der Waals surface area contributed by atoms with Crippen molar-refractivity contribution in [1.82, 2.24) is 9.88 Å². The van der Waals surface area contributed by atoms with Gasteiger partial charge in [0, 0.05) is 6.21 Å². The normalized spacial score (nSPS) is 23.6. The van der Waals surface area contributed by atoms with Crippen molar-refractivity contribution in [3.8, 4) is 0 Å². The molecule has 4 rings (SSSR count). The van der Waals surface area contributed by atoms with Crippen LogP contribution in [0.25, 0.3) is 10.2 Å². The topological polar surface area (TPSA) is 48.5 Å². The number of hydrogen-bond donors (Lipinski definition) is 1. The number of aliphatic imine (C=N–C) groups is 1. The van der Waals surface area contributed by atoms with Crippen LogP contribution in [0.1, 0.15) is 44.6 Å². The minimum absolute atomic E-state index is 0.0305. The number of H-pyrrole nitrogens is 1. The van der Waals surface area contributed by atoms with Crippen LogP contribution in [-0.4, -0.2) is 41.3 Å². The molecule has 0 aliphatic carbocycles. The number of rotatable bonds is 8. The summed E-state index contributed by atoms with van der Waals surface area (Å²) in [5.74, 6) is 0.583. The molecule has 2 aliphatic heterocycles. The summed E-state index contributed by atoms with van der Waals surface area (Å²) in [6.45, 7) is 6.02. The van der Waals surface area contributed by atoms with Gasteiger partial charge in [-0.25, -0.2) is 0 Å². The van der Waals surface area contributed by atoms with Gasteiger partial charge in [0.1, 0.15) is 0 Å². The Balaban J connectivity index is 1.37. The number of thiazole rings is 1. The van der Waals surface area contributed by atoms with Crippen molar-refractivity contribution in [2.75, 3.05) is 19.6 Å². The van der Waals surface area contributed by atoms with E-state index in [1.807, 2.05) is 12.3 Å². The Bertz CT molecular complexity index is 876. The smallest absolute Gasteiger partial charge is 0.305 e. The second-order valence-electron chi connectivity index (χ2n) is 8.13. The standard InChI is InChI=1S/C22H29N3OS/c1-22(11-5-12-23-22)18(10-15-25-13-2-3-14-25)7-4-6-17-8-9-19-20(16-17)27-21(26)24-19/h5,8-9,11-12,16,18H,2-4,6-7,10,13-15H2,1H3,(H,24,26). The molecule has 1 saturated heterocycles. The van der Waals surface area contributed by atoms with Crippen LogP contribution in [0.2, 0.25) is 0 Å². The molecule has 27 heavy (non-hydrogen) atoms. The van der Waals surface area contributed by atoms with Crippen LogP contribution in [0.3, 0.4) is 0 Å². The fraction of sp³-hybridized carbons (Fsp3) is 0.545. The molecule has 0 radical (unpaired) electrons. The van der Waals surface area contributed by atoms with Gasteiger partial charge < -0.3 is 9.88 Å². The number of benzene rings is 1. The molecule has 0 amide bonds. The van der Waals surface area contributed by atoms with Gasteiger partial charge in [0.25, 0.3) is 0 Å². The third kappa shape index (κ3) is 4.41. The predicted molar refractivity (Wildman–Crippen MR) is 115 cm³/mol. The van der Waals surface area contributed by atoms with Crippen LogP contribution in [0, 0.1) is 5.92 Å². The Hall–Kier alpha value is -1.72. The summed E-state index contributed by atoms with van der Waals surface area (Å²) in [4.78, 5) is 21.8. The number of nitrogens with one attached hydrogen (secondary N) is 1. The molecule has 0 spiro atoms. The summed E-state index contributed by atoms with van der Waals surface area (Å²) in [5, 5.41) is 0. The van der Waals surface area contributed by atoms with Crippen molar-refractivity contribution < 1.29 is 0 Å². The molecule has 1 aromatic heterocycles. The Morgan fingerprint density at radius 2 is 2.15 bits per heavy atom. The molecule has 2 unspecified atom stereocenters. The van der Waals surface area contributed by atoms with Crippen LogP contribution in [0.15, 0.2) is 40.1 Å².